The van der Waals surface area contributed by atoms with Crippen LogP contribution in [0.4, 0.5) is 0 Å². The molecule has 1 aliphatic heterocycles. The standard InChI is InChI=1S/C23H31N5O2S/c1-14-11-20(31-28-14)26-19-12-17(22(24)29)9-10-18(13-19)27-21(23(30)25-3)15(2)16-7-5-4-6-8-16/h3,13,15-17,19-21,26-27H,4-8,11-12H2,1-2H3,(H-,24,29)/p+1. The summed E-state index contributed by atoms with van der Waals surface area (Å²) in [5.41, 5.74) is 7.25. The molecule has 0 aromatic carbocycles. The van der Waals surface area contributed by atoms with Crippen molar-refractivity contribution in [3.8, 4) is 18.4 Å². The van der Waals surface area contributed by atoms with E-state index in [-0.39, 0.29) is 23.2 Å². The van der Waals surface area contributed by atoms with E-state index < -0.39 is 17.9 Å². The van der Waals surface area contributed by atoms with Gasteiger partial charge in [-0.2, -0.15) is 4.79 Å². The van der Waals surface area contributed by atoms with Crippen molar-refractivity contribution >= 4 is 29.5 Å². The average molecular weight is 443 g/mol. The van der Waals surface area contributed by atoms with Gasteiger partial charge in [0.05, 0.1) is 11.1 Å². The van der Waals surface area contributed by atoms with Gasteiger partial charge < -0.3 is 11.1 Å². The monoisotopic (exact) mass is 442 g/mol. The lowest BCUT2D eigenvalue weighted by Gasteiger charge is -2.30. The van der Waals surface area contributed by atoms with Crippen molar-refractivity contribution < 1.29 is 9.59 Å². The number of carbonyl (C=O) groups is 2. The van der Waals surface area contributed by atoms with E-state index in [1.807, 2.05) is 13.0 Å². The van der Waals surface area contributed by atoms with Crippen LogP contribution in [-0.4, -0.2) is 35.0 Å². The van der Waals surface area contributed by atoms with E-state index in [4.69, 9.17) is 12.3 Å². The summed E-state index contributed by atoms with van der Waals surface area (Å²) >= 11 is 1.49. The van der Waals surface area contributed by atoms with Crippen LogP contribution in [0.15, 0.2) is 16.2 Å². The van der Waals surface area contributed by atoms with Crippen molar-refractivity contribution in [2.45, 2.75) is 76.3 Å². The van der Waals surface area contributed by atoms with E-state index in [0.29, 0.717) is 18.0 Å². The number of rotatable bonds is 8. The fraction of sp³-hybridized carbons (Fsp3) is 0.652. The van der Waals surface area contributed by atoms with Gasteiger partial charge in [0.2, 0.25) is 5.91 Å². The lowest BCUT2D eigenvalue weighted by molar-refractivity contribution is -0.120. The maximum absolute atomic E-state index is 12.6. The highest BCUT2D eigenvalue weighted by atomic mass is 32.2. The van der Waals surface area contributed by atoms with E-state index >= 15 is 0 Å². The Balaban J connectivity index is 1.79. The average Bonchev–Trinajstić information content (AvgIpc) is 3.06. The van der Waals surface area contributed by atoms with Crippen LogP contribution in [0.5, 0.6) is 0 Å². The highest BCUT2D eigenvalue weighted by molar-refractivity contribution is 7.99. The maximum Gasteiger partial charge on any atom is 0.537 e. The second kappa shape index (κ2) is 10.8. The first-order valence-electron chi connectivity index (χ1n) is 11.1. The quantitative estimate of drug-likeness (QED) is 0.396. The Hall–Kier alpha value is -2.29. The zero-order valence-corrected chi connectivity index (χ0v) is 19.1. The fourth-order valence-electron chi connectivity index (χ4n) is 4.60. The van der Waals surface area contributed by atoms with E-state index in [1.54, 1.807) is 0 Å². The number of primary amides is 1. The first kappa shape index (κ1) is 23.4. The molecule has 3 aliphatic rings. The predicted octanol–water partition coefficient (Wildman–Crippen LogP) is 2.84. The van der Waals surface area contributed by atoms with Crippen molar-refractivity contribution in [1.29, 1.82) is 0 Å². The molecular formula is C23H32N5O2S+. The van der Waals surface area contributed by atoms with Crippen LogP contribution in [0.1, 0.15) is 58.8 Å². The fourth-order valence-corrected chi connectivity index (χ4v) is 5.53. The maximum atomic E-state index is 12.6. The molecule has 2 amide bonds. The van der Waals surface area contributed by atoms with Gasteiger partial charge in [-0.05, 0) is 49.1 Å². The van der Waals surface area contributed by atoms with Crippen LogP contribution in [0.25, 0.3) is 4.85 Å². The highest BCUT2D eigenvalue weighted by Gasteiger charge is 2.38. The zero-order valence-electron chi connectivity index (χ0n) is 18.3. The van der Waals surface area contributed by atoms with Crippen molar-refractivity contribution in [2.75, 3.05) is 0 Å². The van der Waals surface area contributed by atoms with Crippen LogP contribution in [0, 0.1) is 36.2 Å². The molecule has 0 radical (unpaired) electrons. The van der Waals surface area contributed by atoms with Crippen molar-refractivity contribution in [1.82, 2.24) is 10.6 Å². The summed E-state index contributed by atoms with van der Waals surface area (Å²) in [4.78, 5) is 27.9. The molecule has 0 aromatic heterocycles. The normalized spacial score (nSPS) is 28.1. The Bertz CT molecular complexity index is 859. The molecule has 1 heterocycles. The van der Waals surface area contributed by atoms with Crippen LogP contribution >= 0.6 is 11.9 Å². The topological polar surface area (TPSA) is 101 Å². The van der Waals surface area contributed by atoms with E-state index in [0.717, 1.165) is 25.0 Å². The number of nitrogens with zero attached hydrogens (tertiary/aromatic N) is 2. The Morgan fingerprint density at radius 2 is 2.10 bits per heavy atom. The summed E-state index contributed by atoms with van der Waals surface area (Å²) < 4.78 is 4.38. The molecule has 2 aliphatic carbocycles. The molecule has 0 saturated heterocycles. The number of carbonyl (C=O) groups excluding carboxylic acids is 2. The molecule has 5 unspecified atom stereocenters. The van der Waals surface area contributed by atoms with Gasteiger partial charge in [0.15, 0.2) is 6.04 Å². The van der Waals surface area contributed by atoms with Gasteiger partial charge >= 0.3 is 5.91 Å². The van der Waals surface area contributed by atoms with Gasteiger partial charge in [0, 0.05) is 23.0 Å². The smallest absolute Gasteiger partial charge is 0.369 e. The molecule has 0 spiro atoms. The van der Waals surface area contributed by atoms with Crippen molar-refractivity contribution in [2.24, 2.45) is 27.9 Å². The molecule has 5 atom stereocenters. The van der Waals surface area contributed by atoms with Crippen molar-refractivity contribution in [3.63, 3.8) is 0 Å². The van der Waals surface area contributed by atoms with E-state index in [9.17, 15) is 9.59 Å². The minimum absolute atomic E-state index is 0.0748. The summed E-state index contributed by atoms with van der Waals surface area (Å²) in [6.45, 7) is 9.46. The number of hydrogen-bond donors (Lipinski definition) is 3. The highest BCUT2D eigenvalue weighted by Crippen LogP contribution is 2.32. The molecule has 31 heavy (non-hydrogen) atoms. The Morgan fingerprint density at radius 3 is 2.71 bits per heavy atom. The van der Waals surface area contributed by atoms with E-state index in [2.05, 4.69) is 38.6 Å². The molecule has 4 N–H and O–H groups in total. The number of hydrogen-bond acceptors (Lipinski definition) is 6. The Morgan fingerprint density at radius 1 is 1.35 bits per heavy atom. The third-order valence-corrected chi connectivity index (χ3v) is 7.40. The van der Waals surface area contributed by atoms with Gasteiger partial charge in [0.1, 0.15) is 5.92 Å². The third-order valence-electron chi connectivity index (χ3n) is 6.42. The molecule has 0 bridgehead atoms. The first-order chi connectivity index (χ1) is 14.9. The Kier molecular flexibility index (Phi) is 8.17. The van der Waals surface area contributed by atoms with Gasteiger partial charge in [0.25, 0.3) is 6.57 Å². The van der Waals surface area contributed by atoms with Gasteiger partial charge in [-0.1, -0.05) is 44.9 Å². The molecule has 1 saturated carbocycles. The lowest BCUT2D eigenvalue weighted by atomic mass is 9.77. The Labute approximate surface area is 189 Å². The second-order valence-electron chi connectivity index (χ2n) is 8.78. The van der Waals surface area contributed by atoms with Crippen LogP contribution < -0.4 is 16.4 Å². The van der Waals surface area contributed by atoms with Crippen LogP contribution in [-0.2, 0) is 9.59 Å². The number of nitrogens with one attached hydrogen (secondary N) is 2. The minimum Gasteiger partial charge on any atom is -0.369 e. The molecule has 3 rings (SSSR count). The first-order valence-corrected chi connectivity index (χ1v) is 11.9. The van der Waals surface area contributed by atoms with E-state index in [1.165, 1.54) is 31.2 Å². The summed E-state index contributed by atoms with van der Waals surface area (Å²) in [5, 5.41) is 6.96. The third kappa shape index (κ3) is 6.35. The minimum atomic E-state index is -0.564. The molecule has 8 heteroatoms. The summed E-state index contributed by atoms with van der Waals surface area (Å²) in [6, 6.07) is -0.692. The van der Waals surface area contributed by atoms with Gasteiger partial charge in [-0.15, -0.1) is 0 Å². The summed E-state index contributed by atoms with van der Waals surface area (Å²) in [5.74, 6) is 5.14. The second-order valence-corrected chi connectivity index (χ2v) is 9.75. The van der Waals surface area contributed by atoms with Crippen molar-refractivity contribution in [3.05, 3.63) is 16.6 Å². The molecular weight excluding hydrogens is 410 g/mol. The SMILES string of the molecule is C#[N+]C(=O)C(NC1=CC(NC2CC(C)=NS2)CC(C(N)=O)C#C1)C(C)C1CCCCC1. The number of allylic oxidation sites excluding steroid dienone is 1. The predicted molar refractivity (Wildman–Crippen MR) is 125 cm³/mol. The summed E-state index contributed by atoms with van der Waals surface area (Å²) in [7, 11) is 0. The zero-order chi connectivity index (χ0) is 22.4. The molecule has 1 fully saturated rings. The van der Waals surface area contributed by atoms with Crippen LogP contribution in [0.3, 0.4) is 0 Å². The number of nitrogens with two attached hydrogens (primary N) is 1. The molecule has 7 nitrogen and oxygen atoms in total. The largest absolute Gasteiger partial charge is 0.537 e. The number of amides is 2. The van der Waals surface area contributed by atoms with Crippen LogP contribution in [0.2, 0.25) is 0 Å². The lowest BCUT2D eigenvalue weighted by Crippen LogP contribution is -2.44. The van der Waals surface area contributed by atoms with Gasteiger partial charge in [-0.3, -0.25) is 10.1 Å². The molecule has 166 valence electrons. The molecule has 0 aromatic rings. The van der Waals surface area contributed by atoms with Gasteiger partial charge in [-0.25, -0.2) is 4.40 Å². The summed E-state index contributed by atoms with van der Waals surface area (Å²) in [6.07, 6.45) is 9.09.